The van der Waals surface area contributed by atoms with Crippen molar-refractivity contribution >= 4 is 12.4 Å². The summed E-state index contributed by atoms with van der Waals surface area (Å²) in [5.41, 5.74) is 1.78. The number of hydrogen-bond acceptors (Lipinski definition) is 2. The average molecular weight is 174 g/mol. The van der Waals surface area contributed by atoms with Crippen molar-refractivity contribution in [2.45, 2.75) is 6.42 Å². The molecule has 2 nitrogen and oxygen atoms in total. The highest BCUT2D eigenvalue weighted by Gasteiger charge is 2.07. The SMILES string of the molecule is O=CC1=Cc2ccccc2OCC1. The Kier molecular flexibility index (Phi) is 2.13. The average Bonchev–Trinajstić information content (AvgIpc) is 2.38. The molecule has 0 atom stereocenters. The molecule has 0 aromatic heterocycles. The largest absolute Gasteiger partial charge is 0.493 e. The number of ether oxygens (including phenoxy) is 1. The Hall–Kier alpha value is -1.57. The van der Waals surface area contributed by atoms with Crippen molar-refractivity contribution in [2.75, 3.05) is 6.61 Å². The number of carbonyl (C=O) groups excluding carboxylic acids is 1. The van der Waals surface area contributed by atoms with Gasteiger partial charge < -0.3 is 4.74 Å². The molecule has 0 aliphatic carbocycles. The molecule has 0 unspecified atom stereocenters. The summed E-state index contributed by atoms with van der Waals surface area (Å²) in [6.45, 7) is 0.585. The minimum Gasteiger partial charge on any atom is -0.493 e. The minimum absolute atomic E-state index is 0.585. The van der Waals surface area contributed by atoms with Gasteiger partial charge in [0.25, 0.3) is 0 Å². The molecule has 0 spiro atoms. The fraction of sp³-hybridized carbons (Fsp3) is 0.182. The molecule has 1 aromatic rings. The molecule has 0 saturated heterocycles. The third kappa shape index (κ3) is 1.61. The van der Waals surface area contributed by atoms with E-state index in [1.54, 1.807) is 0 Å². The number of aldehydes is 1. The molecule has 0 radical (unpaired) electrons. The fourth-order valence-electron chi connectivity index (χ4n) is 1.37. The van der Waals surface area contributed by atoms with Crippen LogP contribution in [-0.2, 0) is 4.79 Å². The summed E-state index contributed by atoms with van der Waals surface area (Å²) in [5.74, 6) is 0.861. The van der Waals surface area contributed by atoms with Crippen LogP contribution in [0.3, 0.4) is 0 Å². The van der Waals surface area contributed by atoms with Gasteiger partial charge in [-0.1, -0.05) is 18.2 Å². The summed E-state index contributed by atoms with van der Waals surface area (Å²) in [6.07, 6.45) is 3.47. The molecule has 2 rings (SSSR count). The van der Waals surface area contributed by atoms with Crippen molar-refractivity contribution in [1.29, 1.82) is 0 Å². The van der Waals surface area contributed by atoms with Crippen molar-refractivity contribution in [3.63, 3.8) is 0 Å². The highest BCUT2D eigenvalue weighted by atomic mass is 16.5. The van der Waals surface area contributed by atoms with Gasteiger partial charge in [-0.05, 0) is 17.7 Å². The summed E-state index contributed by atoms with van der Waals surface area (Å²) in [4.78, 5) is 10.6. The van der Waals surface area contributed by atoms with Crippen molar-refractivity contribution in [3.8, 4) is 5.75 Å². The van der Waals surface area contributed by atoms with Crippen molar-refractivity contribution in [1.82, 2.24) is 0 Å². The smallest absolute Gasteiger partial charge is 0.146 e. The summed E-state index contributed by atoms with van der Waals surface area (Å²) >= 11 is 0. The van der Waals surface area contributed by atoms with Gasteiger partial charge in [0.05, 0.1) is 6.61 Å². The molecule has 0 N–H and O–H groups in total. The number of benzene rings is 1. The summed E-state index contributed by atoms with van der Waals surface area (Å²) in [5, 5.41) is 0. The standard InChI is InChI=1S/C11H10O2/c12-8-9-5-6-13-11-4-2-1-3-10(11)7-9/h1-4,7-8H,5-6H2. The zero-order chi connectivity index (χ0) is 9.10. The number of carbonyl (C=O) groups is 1. The lowest BCUT2D eigenvalue weighted by molar-refractivity contribution is -0.105. The van der Waals surface area contributed by atoms with Crippen LogP contribution >= 0.6 is 0 Å². The molecule has 0 amide bonds. The fourth-order valence-corrected chi connectivity index (χ4v) is 1.37. The van der Waals surface area contributed by atoms with Crippen LogP contribution in [0.2, 0.25) is 0 Å². The highest BCUT2D eigenvalue weighted by Crippen LogP contribution is 2.24. The Morgan fingerprint density at radius 2 is 2.15 bits per heavy atom. The van der Waals surface area contributed by atoms with E-state index in [4.69, 9.17) is 4.74 Å². The lowest BCUT2D eigenvalue weighted by Crippen LogP contribution is -1.96. The number of fused-ring (bicyclic) bond motifs is 1. The van der Waals surface area contributed by atoms with E-state index in [1.807, 2.05) is 30.3 Å². The predicted octanol–water partition coefficient (Wildman–Crippen LogP) is 2.05. The molecule has 0 bridgehead atoms. The molecule has 0 fully saturated rings. The summed E-state index contributed by atoms with van der Waals surface area (Å²) in [6, 6.07) is 7.73. The molecule has 1 aliphatic heterocycles. The predicted molar refractivity (Wildman–Crippen MR) is 50.6 cm³/mol. The van der Waals surface area contributed by atoms with Gasteiger partial charge in [0, 0.05) is 12.0 Å². The number of rotatable bonds is 1. The van der Waals surface area contributed by atoms with Crippen LogP contribution in [0.4, 0.5) is 0 Å². The molecule has 1 aliphatic rings. The van der Waals surface area contributed by atoms with Crippen LogP contribution in [0.5, 0.6) is 5.75 Å². The van der Waals surface area contributed by atoms with Gasteiger partial charge in [-0.15, -0.1) is 0 Å². The van der Waals surface area contributed by atoms with Gasteiger partial charge in [-0.3, -0.25) is 4.79 Å². The first kappa shape index (κ1) is 8.05. The molecular weight excluding hydrogens is 164 g/mol. The van der Waals surface area contributed by atoms with Gasteiger partial charge in [-0.2, -0.15) is 0 Å². The Labute approximate surface area is 76.8 Å². The molecule has 2 heteroatoms. The maximum atomic E-state index is 10.6. The van der Waals surface area contributed by atoms with E-state index in [9.17, 15) is 4.79 Å². The van der Waals surface area contributed by atoms with E-state index < -0.39 is 0 Å². The maximum absolute atomic E-state index is 10.6. The zero-order valence-electron chi connectivity index (χ0n) is 7.19. The van der Waals surface area contributed by atoms with E-state index >= 15 is 0 Å². The lowest BCUT2D eigenvalue weighted by atomic mass is 10.1. The first-order valence-corrected chi connectivity index (χ1v) is 4.28. The van der Waals surface area contributed by atoms with E-state index in [0.29, 0.717) is 13.0 Å². The Balaban J connectivity index is 2.45. The normalized spacial score (nSPS) is 14.9. The van der Waals surface area contributed by atoms with Crippen LogP contribution in [-0.4, -0.2) is 12.9 Å². The van der Waals surface area contributed by atoms with Crippen LogP contribution in [0, 0.1) is 0 Å². The number of hydrogen-bond donors (Lipinski definition) is 0. The van der Waals surface area contributed by atoms with Crippen LogP contribution < -0.4 is 4.74 Å². The Morgan fingerprint density at radius 3 is 3.00 bits per heavy atom. The van der Waals surface area contributed by atoms with Crippen molar-refractivity contribution in [3.05, 3.63) is 35.4 Å². The molecule has 1 aromatic carbocycles. The Bertz CT molecular complexity index is 353. The van der Waals surface area contributed by atoms with Crippen molar-refractivity contribution in [2.24, 2.45) is 0 Å². The van der Waals surface area contributed by atoms with Gasteiger partial charge in [0.2, 0.25) is 0 Å². The monoisotopic (exact) mass is 174 g/mol. The molecule has 66 valence electrons. The second-order valence-electron chi connectivity index (χ2n) is 2.97. The zero-order valence-corrected chi connectivity index (χ0v) is 7.19. The lowest BCUT2D eigenvalue weighted by Gasteiger charge is -2.03. The van der Waals surface area contributed by atoms with Crippen LogP contribution in [0.25, 0.3) is 6.08 Å². The third-order valence-electron chi connectivity index (χ3n) is 2.06. The second-order valence-corrected chi connectivity index (χ2v) is 2.97. The third-order valence-corrected chi connectivity index (χ3v) is 2.06. The van der Waals surface area contributed by atoms with Crippen LogP contribution in [0.15, 0.2) is 29.8 Å². The maximum Gasteiger partial charge on any atom is 0.146 e. The highest BCUT2D eigenvalue weighted by molar-refractivity contribution is 5.83. The minimum atomic E-state index is 0.585. The Morgan fingerprint density at radius 1 is 1.31 bits per heavy atom. The van der Waals surface area contributed by atoms with E-state index in [0.717, 1.165) is 23.2 Å². The molecular formula is C11H10O2. The van der Waals surface area contributed by atoms with Crippen molar-refractivity contribution < 1.29 is 9.53 Å². The van der Waals surface area contributed by atoms with Gasteiger partial charge in [0.1, 0.15) is 12.0 Å². The first-order valence-electron chi connectivity index (χ1n) is 4.28. The van der Waals surface area contributed by atoms with Gasteiger partial charge >= 0.3 is 0 Å². The second kappa shape index (κ2) is 3.44. The molecule has 1 heterocycles. The first-order chi connectivity index (χ1) is 6.40. The van der Waals surface area contributed by atoms with Gasteiger partial charge in [0.15, 0.2) is 0 Å². The van der Waals surface area contributed by atoms with E-state index in [-0.39, 0.29) is 0 Å². The topological polar surface area (TPSA) is 26.3 Å². The summed E-state index contributed by atoms with van der Waals surface area (Å²) < 4.78 is 5.47. The molecule has 0 saturated carbocycles. The molecule has 13 heavy (non-hydrogen) atoms. The van der Waals surface area contributed by atoms with E-state index in [1.165, 1.54) is 0 Å². The van der Waals surface area contributed by atoms with E-state index in [2.05, 4.69) is 0 Å². The van der Waals surface area contributed by atoms with Crippen LogP contribution in [0.1, 0.15) is 12.0 Å². The number of para-hydroxylation sites is 1. The quantitative estimate of drug-likeness (QED) is 0.609. The summed E-state index contributed by atoms with van der Waals surface area (Å²) in [7, 11) is 0. The van der Waals surface area contributed by atoms with Gasteiger partial charge in [-0.25, -0.2) is 0 Å².